The fourth-order valence-corrected chi connectivity index (χ4v) is 3.25. The molecule has 0 aliphatic rings. The van der Waals surface area contributed by atoms with Crippen LogP contribution in [0, 0.1) is 11.6 Å². The van der Waals surface area contributed by atoms with E-state index in [2.05, 4.69) is 9.97 Å². The fourth-order valence-electron chi connectivity index (χ4n) is 3.25. The first-order chi connectivity index (χ1) is 15.7. The minimum absolute atomic E-state index is 0.0777. The molecule has 1 unspecified atom stereocenters. The standard InChI is InChI=1S/C24H19F5N2O2/c1-14(32-13-23-30-21-9-4-17(24(27,28)29)11-22(21)31-23)15-2-6-19(7-3-15)33-12-16-10-18(25)5-8-20(16)26/h2-11,14H,12-13H2,1H3,(H,30,31). The second kappa shape index (κ2) is 9.19. The Morgan fingerprint density at radius 3 is 2.42 bits per heavy atom. The normalized spacial score (nSPS) is 12.8. The maximum Gasteiger partial charge on any atom is 0.416 e. The van der Waals surface area contributed by atoms with Crippen LogP contribution in [0.5, 0.6) is 5.75 Å². The molecule has 4 aromatic rings. The van der Waals surface area contributed by atoms with Crippen LogP contribution in [0.4, 0.5) is 22.0 Å². The lowest BCUT2D eigenvalue weighted by Crippen LogP contribution is -2.04. The summed E-state index contributed by atoms with van der Waals surface area (Å²) in [7, 11) is 0. The van der Waals surface area contributed by atoms with Crippen LogP contribution in [-0.4, -0.2) is 9.97 Å². The predicted octanol–water partition coefficient (Wildman–Crippen LogP) is 6.72. The van der Waals surface area contributed by atoms with Crippen molar-refractivity contribution in [2.75, 3.05) is 0 Å². The molecule has 0 aliphatic carbocycles. The second-order valence-corrected chi connectivity index (χ2v) is 7.46. The largest absolute Gasteiger partial charge is 0.489 e. The molecule has 0 fully saturated rings. The van der Waals surface area contributed by atoms with Crippen LogP contribution in [0.25, 0.3) is 11.0 Å². The highest BCUT2D eigenvalue weighted by Crippen LogP contribution is 2.31. The van der Waals surface area contributed by atoms with Gasteiger partial charge in [-0.3, -0.25) is 0 Å². The number of halogens is 5. The molecule has 3 aromatic carbocycles. The second-order valence-electron chi connectivity index (χ2n) is 7.46. The Morgan fingerprint density at radius 1 is 0.939 bits per heavy atom. The van der Waals surface area contributed by atoms with Gasteiger partial charge >= 0.3 is 6.18 Å². The third-order valence-electron chi connectivity index (χ3n) is 5.08. The molecule has 33 heavy (non-hydrogen) atoms. The molecule has 4 rings (SSSR count). The van der Waals surface area contributed by atoms with Gasteiger partial charge in [0.15, 0.2) is 0 Å². The van der Waals surface area contributed by atoms with Gasteiger partial charge in [0.1, 0.15) is 36.4 Å². The molecule has 0 saturated carbocycles. The SMILES string of the molecule is CC(OCc1nc2cc(C(F)(F)F)ccc2[nH]1)c1ccc(OCc2cc(F)ccc2F)cc1. The number of ether oxygens (including phenoxy) is 2. The van der Waals surface area contributed by atoms with Gasteiger partial charge in [0, 0.05) is 5.56 Å². The molecular weight excluding hydrogens is 443 g/mol. The summed E-state index contributed by atoms with van der Waals surface area (Å²) in [6, 6.07) is 13.4. The van der Waals surface area contributed by atoms with Crippen molar-refractivity contribution in [1.29, 1.82) is 0 Å². The van der Waals surface area contributed by atoms with Crippen molar-refractivity contribution >= 4 is 11.0 Å². The van der Waals surface area contributed by atoms with E-state index in [1.165, 1.54) is 6.07 Å². The summed E-state index contributed by atoms with van der Waals surface area (Å²) in [5.74, 6) is -0.197. The number of alkyl halides is 3. The zero-order valence-electron chi connectivity index (χ0n) is 17.4. The van der Waals surface area contributed by atoms with E-state index in [4.69, 9.17) is 9.47 Å². The Balaban J connectivity index is 1.35. The molecule has 172 valence electrons. The van der Waals surface area contributed by atoms with Crippen LogP contribution in [0.1, 0.15) is 35.5 Å². The van der Waals surface area contributed by atoms with Gasteiger partial charge in [-0.2, -0.15) is 13.2 Å². The average Bonchev–Trinajstić information content (AvgIpc) is 3.20. The molecule has 0 aliphatic heterocycles. The van der Waals surface area contributed by atoms with Crippen LogP contribution < -0.4 is 4.74 Å². The number of aromatic nitrogens is 2. The third-order valence-corrected chi connectivity index (χ3v) is 5.08. The van der Waals surface area contributed by atoms with Crippen LogP contribution in [0.15, 0.2) is 60.7 Å². The monoisotopic (exact) mass is 462 g/mol. The number of rotatable bonds is 7. The molecule has 0 saturated heterocycles. The first kappa shape index (κ1) is 22.7. The van der Waals surface area contributed by atoms with E-state index in [9.17, 15) is 22.0 Å². The summed E-state index contributed by atoms with van der Waals surface area (Å²) in [6.45, 7) is 1.79. The van der Waals surface area contributed by atoms with Crippen molar-refractivity contribution in [2.24, 2.45) is 0 Å². The number of hydrogen-bond donors (Lipinski definition) is 1. The van der Waals surface area contributed by atoms with Crippen molar-refractivity contribution in [3.63, 3.8) is 0 Å². The van der Waals surface area contributed by atoms with Gasteiger partial charge in [0.25, 0.3) is 0 Å². The number of imidazole rings is 1. The summed E-state index contributed by atoms with van der Waals surface area (Å²) in [6.07, 6.45) is -4.77. The number of H-pyrrole nitrogens is 1. The van der Waals surface area contributed by atoms with Gasteiger partial charge in [-0.05, 0) is 61.0 Å². The zero-order chi connectivity index (χ0) is 23.6. The predicted molar refractivity (Wildman–Crippen MR) is 111 cm³/mol. The maximum atomic E-state index is 13.7. The van der Waals surface area contributed by atoms with Crippen LogP contribution in [-0.2, 0) is 24.1 Å². The molecule has 9 heteroatoms. The fraction of sp³-hybridized carbons (Fsp3) is 0.208. The Labute approximate surface area is 186 Å². The Morgan fingerprint density at radius 2 is 1.70 bits per heavy atom. The van der Waals surface area contributed by atoms with Gasteiger partial charge < -0.3 is 14.5 Å². The number of nitrogens with zero attached hydrogens (tertiary/aromatic N) is 1. The summed E-state index contributed by atoms with van der Waals surface area (Å²) < 4.78 is 76.8. The van der Waals surface area contributed by atoms with E-state index in [0.717, 1.165) is 35.9 Å². The van der Waals surface area contributed by atoms with E-state index in [1.807, 2.05) is 6.92 Å². The van der Waals surface area contributed by atoms with E-state index in [-0.39, 0.29) is 30.4 Å². The Bertz CT molecular complexity index is 1250. The molecule has 1 atom stereocenters. The number of aromatic amines is 1. The van der Waals surface area contributed by atoms with Gasteiger partial charge in [0.2, 0.25) is 0 Å². The molecule has 0 radical (unpaired) electrons. The van der Waals surface area contributed by atoms with Crippen LogP contribution >= 0.6 is 0 Å². The smallest absolute Gasteiger partial charge is 0.416 e. The zero-order valence-corrected chi connectivity index (χ0v) is 17.4. The third kappa shape index (κ3) is 5.48. The highest BCUT2D eigenvalue weighted by Gasteiger charge is 2.30. The first-order valence-electron chi connectivity index (χ1n) is 10.0. The van der Waals surface area contributed by atoms with Gasteiger partial charge in [0.05, 0.1) is 22.7 Å². The molecular formula is C24H19F5N2O2. The number of benzene rings is 3. The number of fused-ring (bicyclic) bond motifs is 1. The number of nitrogens with one attached hydrogen (secondary N) is 1. The van der Waals surface area contributed by atoms with E-state index in [1.54, 1.807) is 24.3 Å². The molecule has 0 amide bonds. The first-order valence-corrected chi connectivity index (χ1v) is 10.0. The summed E-state index contributed by atoms with van der Waals surface area (Å²) in [4.78, 5) is 7.13. The van der Waals surface area contributed by atoms with Crippen LogP contribution in [0.3, 0.4) is 0 Å². The molecule has 1 heterocycles. The highest BCUT2D eigenvalue weighted by atomic mass is 19.4. The summed E-state index contributed by atoms with van der Waals surface area (Å²) >= 11 is 0. The maximum absolute atomic E-state index is 13.7. The van der Waals surface area contributed by atoms with Crippen molar-refractivity contribution in [3.8, 4) is 5.75 Å². The van der Waals surface area contributed by atoms with Gasteiger partial charge in [-0.1, -0.05) is 12.1 Å². The quantitative estimate of drug-likeness (QED) is 0.310. The van der Waals surface area contributed by atoms with E-state index in [0.29, 0.717) is 17.1 Å². The Hall–Kier alpha value is -3.46. The summed E-state index contributed by atoms with van der Waals surface area (Å²) in [5.41, 5.74) is 0.890. The minimum atomic E-state index is -4.43. The lowest BCUT2D eigenvalue weighted by molar-refractivity contribution is -0.137. The van der Waals surface area contributed by atoms with E-state index >= 15 is 0 Å². The molecule has 4 nitrogen and oxygen atoms in total. The lowest BCUT2D eigenvalue weighted by Gasteiger charge is -2.13. The van der Waals surface area contributed by atoms with Crippen LogP contribution in [0.2, 0.25) is 0 Å². The molecule has 1 aromatic heterocycles. The van der Waals surface area contributed by atoms with Crippen molar-refractivity contribution in [3.05, 3.63) is 94.8 Å². The van der Waals surface area contributed by atoms with Gasteiger partial charge in [-0.25, -0.2) is 13.8 Å². The number of hydrogen-bond acceptors (Lipinski definition) is 3. The van der Waals surface area contributed by atoms with Crippen molar-refractivity contribution < 1.29 is 31.4 Å². The Kier molecular flexibility index (Phi) is 6.33. The summed E-state index contributed by atoms with van der Waals surface area (Å²) in [5, 5.41) is 0. The van der Waals surface area contributed by atoms with Crippen molar-refractivity contribution in [1.82, 2.24) is 9.97 Å². The topological polar surface area (TPSA) is 47.1 Å². The van der Waals surface area contributed by atoms with Gasteiger partial charge in [-0.15, -0.1) is 0 Å². The molecule has 0 spiro atoms. The molecule has 1 N–H and O–H groups in total. The van der Waals surface area contributed by atoms with Crippen molar-refractivity contribution in [2.45, 2.75) is 32.4 Å². The highest BCUT2D eigenvalue weighted by molar-refractivity contribution is 5.76. The van der Waals surface area contributed by atoms with E-state index < -0.39 is 23.4 Å². The average molecular weight is 462 g/mol. The lowest BCUT2D eigenvalue weighted by atomic mass is 10.1. The molecule has 0 bridgehead atoms. The minimum Gasteiger partial charge on any atom is -0.489 e.